The Hall–Kier alpha value is -4.65. The average molecular weight is 525 g/mol. The fourth-order valence-electron chi connectivity index (χ4n) is 4.34. The molecule has 0 aliphatic heterocycles. The summed E-state index contributed by atoms with van der Waals surface area (Å²) in [5.41, 5.74) is 3.36. The summed E-state index contributed by atoms with van der Waals surface area (Å²) in [5.74, 6) is 0.218. The average Bonchev–Trinajstić information content (AvgIpc) is 2.95. The first-order valence-electron chi connectivity index (χ1n) is 12.7. The third-order valence-electron chi connectivity index (χ3n) is 6.47. The molecular weight excluding hydrogens is 492 g/mol. The monoisotopic (exact) mass is 524 g/mol. The van der Waals surface area contributed by atoms with Gasteiger partial charge in [0.15, 0.2) is 5.43 Å². The van der Waals surface area contributed by atoms with Crippen LogP contribution in [0.4, 0.5) is 0 Å². The molecule has 7 heteroatoms. The molecule has 4 aromatic rings. The van der Waals surface area contributed by atoms with Gasteiger partial charge in [0.05, 0.1) is 37.3 Å². The second-order valence-electron chi connectivity index (χ2n) is 9.41. The van der Waals surface area contributed by atoms with Gasteiger partial charge in [-0.1, -0.05) is 60.2 Å². The quantitative estimate of drug-likeness (QED) is 0.261. The van der Waals surface area contributed by atoms with E-state index in [-0.39, 0.29) is 49.8 Å². The molecule has 7 nitrogen and oxygen atoms in total. The molecule has 39 heavy (non-hydrogen) atoms. The zero-order valence-corrected chi connectivity index (χ0v) is 22.3. The van der Waals surface area contributed by atoms with Crippen LogP contribution < -0.4 is 10.2 Å². The molecule has 0 aliphatic carbocycles. The molecule has 0 aliphatic rings. The van der Waals surface area contributed by atoms with Gasteiger partial charge in [0.2, 0.25) is 11.8 Å². The Bertz CT molecular complexity index is 1510. The number of amides is 2. The van der Waals surface area contributed by atoms with E-state index in [1.165, 1.54) is 11.2 Å². The van der Waals surface area contributed by atoms with Gasteiger partial charge in [-0.25, -0.2) is 0 Å². The minimum Gasteiger partial charge on any atom is -0.497 e. The number of methoxy groups -OCH3 is 1. The molecule has 1 heterocycles. The van der Waals surface area contributed by atoms with E-state index in [1.54, 1.807) is 42.4 Å². The lowest BCUT2D eigenvalue weighted by Crippen LogP contribution is -2.43. The van der Waals surface area contributed by atoms with Gasteiger partial charge in [-0.3, -0.25) is 14.4 Å². The number of rotatable bonds is 11. The maximum Gasteiger partial charge on any atom is 0.242 e. The molecule has 2 amide bonds. The Morgan fingerprint density at radius 2 is 1.67 bits per heavy atom. The van der Waals surface area contributed by atoms with Crippen LogP contribution in [0, 0.1) is 6.92 Å². The largest absolute Gasteiger partial charge is 0.497 e. The number of aryl methyl sites for hydroxylation is 1. The van der Waals surface area contributed by atoms with Crippen LogP contribution in [0.15, 0.2) is 101 Å². The van der Waals surface area contributed by atoms with Crippen molar-refractivity contribution in [2.24, 2.45) is 0 Å². The van der Waals surface area contributed by atoms with Crippen molar-refractivity contribution in [3.8, 4) is 5.75 Å². The van der Waals surface area contributed by atoms with Crippen LogP contribution in [-0.2, 0) is 29.1 Å². The summed E-state index contributed by atoms with van der Waals surface area (Å²) in [4.78, 5) is 43.2. The van der Waals surface area contributed by atoms with Crippen LogP contribution in [0.1, 0.15) is 22.3 Å². The summed E-state index contributed by atoms with van der Waals surface area (Å²) in [5, 5.41) is 0.475. The molecule has 0 radical (unpaired) electrons. The maximum atomic E-state index is 13.7. The van der Waals surface area contributed by atoms with Crippen molar-refractivity contribution >= 4 is 22.8 Å². The summed E-state index contributed by atoms with van der Waals surface area (Å²) < 4.78 is 10.9. The predicted octanol–water partition coefficient (Wildman–Crippen LogP) is 4.90. The van der Waals surface area contributed by atoms with Gasteiger partial charge < -0.3 is 19.0 Å². The topological polar surface area (TPSA) is 80.1 Å². The summed E-state index contributed by atoms with van der Waals surface area (Å²) in [6.45, 7) is 6.07. The molecule has 0 atom stereocenters. The third kappa shape index (κ3) is 7.02. The molecule has 0 bridgehead atoms. The fraction of sp³-hybridized carbons (Fsp3) is 0.219. The summed E-state index contributed by atoms with van der Waals surface area (Å²) in [7, 11) is 1.58. The van der Waals surface area contributed by atoms with E-state index in [0.29, 0.717) is 22.3 Å². The zero-order chi connectivity index (χ0) is 27.8. The first kappa shape index (κ1) is 27.4. The van der Waals surface area contributed by atoms with Gasteiger partial charge in [0.25, 0.3) is 0 Å². The minimum absolute atomic E-state index is 0.0501. The lowest BCUT2D eigenvalue weighted by atomic mass is 10.1. The number of benzene rings is 3. The maximum absolute atomic E-state index is 13.7. The number of nitrogens with zero attached hydrogens (tertiary/aromatic N) is 2. The van der Waals surface area contributed by atoms with Gasteiger partial charge in [0.1, 0.15) is 17.9 Å². The van der Waals surface area contributed by atoms with Crippen LogP contribution >= 0.6 is 0 Å². The number of hydrogen-bond acceptors (Lipinski definition) is 5. The highest BCUT2D eigenvalue weighted by atomic mass is 16.5. The van der Waals surface area contributed by atoms with Crippen molar-refractivity contribution in [2.75, 3.05) is 20.2 Å². The Morgan fingerprint density at radius 3 is 2.36 bits per heavy atom. The molecule has 0 fully saturated rings. The van der Waals surface area contributed by atoms with Gasteiger partial charge in [0, 0.05) is 13.1 Å². The standard InChI is InChI=1S/C32H32N2O5/c1-4-16-33(30(35)18-24-11-13-27(38-3)14-12-24)21-31(36)34(19-25-8-6-5-7-9-25)20-26-22-39-29-15-10-23(2)17-28(29)32(26)37/h4-15,17,22H,1,16,18-21H2,2-3H3. The highest BCUT2D eigenvalue weighted by molar-refractivity contribution is 5.86. The van der Waals surface area contributed by atoms with Crippen molar-refractivity contribution in [1.29, 1.82) is 0 Å². The fourth-order valence-corrected chi connectivity index (χ4v) is 4.34. The number of hydrogen-bond donors (Lipinski definition) is 0. The van der Waals surface area contributed by atoms with E-state index in [4.69, 9.17) is 9.15 Å². The smallest absolute Gasteiger partial charge is 0.242 e. The van der Waals surface area contributed by atoms with Crippen LogP contribution in [0.25, 0.3) is 11.0 Å². The molecule has 0 spiro atoms. The van der Waals surface area contributed by atoms with Crippen LogP contribution in [0.2, 0.25) is 0 Å². The highest BCUT2D eigenvalue weighted by Crippen LogP contribution is 2.17. The van der Waals surface area contributed by atoms with Crippen molar-refractivity contribution in [1.82, 2.24) is 9.80 Å². The van der Waals surface area contributed by atoms with Gasteiger partial charge in [-0.05, 0) is 42.3 Å². The van der Waals surface area contributed by atoms with Crippen LogP contribution in [0.5, 0.6) is 5.75 Å². The van der Waals surface area contributed by atoms with Gasteiger partial charge in [-0.15, -0.1) is 6.58 Å². The predicted molar refractivity (Wildman–Crippen MR) is 151 cm³/mol. The molecule has 4 rings (SSSR count). The van der Waals surface area contributed by atoms with Gasteiger partial charge >= 0.3 is 0 Å². The van der Waals surface area contributed by atoms with E-state index in [2.05, 4.69) is 6.58 Å². The van der Waals surface area contributed by atoms with E-state index < -0.39 is 0 Å². The minimum atomic E-state index is -0.285. The highest BCUT2D eigenvalue weighted by Gasteiger charge is 2.23. The van der Waals surface area contributed by atoms with Gasteiger partial charge in [-0.2, -0.15) is 0 Å². The normalized spacial score (nSPS) is 10.7. The second-order valence-corrected chi connectivity index (χ2v) is 9.41. The molecule has 1 aromatic heterocycles. The van der Waals surface area contributed by atoms with Crippen molar-refractivity contribution in [3.63, 3.8) is 0 Å². The van der Waals surface area contributed by atoms with Crippen molar-refractivity contribution in [2.45, 2.75) is 26.4 Å². The second kappa shape index (κ2) is 12.7. The first-order valence-corrected chi connectivity index (χ1v) is 12.7. The lowest BCUT2D eigenvalue weighted by Gasteiger charge is -2.27. The molecule has 3 aromatic carbocycles. The van der Waals surface area contributed by atoms with E-state index in [0.717, 1.165) is 16.7 Å². The zero-order valence-electron chi connectivity index (χ0n) is 22.3. The molecule has 200 valence electrons. The summed E-state index contributed by atoms with van der Waals surface area (Å²) in [6.07, 6.45) is 3.15. The Morgan fingerprint density at radius 1 is 0.923 bits per heavy atom. The first-order chi connectivity index (χ1) is 18.9. The molecule has 0 unspecified atom stereocenters. The van der Waals surface area contributed by atoms with Crippen molar-refractivity contribution in [3.05, 3.63) is 124 Å². The summed E-state index contributed by atoms with van der Waals surface area (Å²) in [6, 6.07) is 22.2. The molecule has 0 N–H and O–H groups in total. The van der Waals surface area contributed by atoms with E-state index in [1.807, 2.05) is 55.5 Å². The lowest BCUT2D eigenvalue weighted by molar-refractivity contribution is -0.140. The van der Waals surface area contributed by atoms with Crippen LogP contribution in [0.3, 0.4) is 0 Å². The Balaban J connectivity index is 1.57. The number of ether oxygens (including phenoxy) is 1. The molecule has 0 saturated heterocycles. The number of fused-ring (bicyclic) bond motifs is 1. The molecule has 0 saturated carbocycles. The SMILES string of the molecule is C=CCN(CC(=O)N(Cc1ccccc1)Cc1coc2ccc(C)cc2c1=O)C(=O)Cc1ccc(OC)cc1. The van der Waals surface area contributed by atoms with Crippen LogP contribution in [-0.4, -0.2) is 41.8 Å². The van der Waals surface area contributed by atoms with E-state index in [9.17, 15) is 14.4 Å². The molecular formula is C32H32N2O5. The number of carbonyl (C=O) groups excluding carboxylic acids is 2. The van der Waals surface area contributed by atoms with E-state index >= 15 is 0 Å². The summed E-state index contributed by atoms with van der Waals surface area (Å²) >= 11 is 0. The van der Waals surface area contributed by atoms with Crippen molar-refractivity contribution < 1.29 is 18.7 Å². The third-order valence-corrected chi connectivity index (χ3v) is 6.47. The Labute approximate surface area is 227 Å². The number of carbonyl (C=O) groups is 2. The Kier molecular flexibility index (Phi) is 8.94.